The van der Waals surface area contributed by atoms with E-state index in [1.807, 2.05) is 0 Å². The Labute approximate surface area is 101 Å². The minimum Gasteiger partial charge on any atom is -0.381 e. The molecule has 2 N–H and O–H groups in total. The Bertz CT molecular complexity index is 394. The van der Waals surface area contributed by atoms with Crippen LogP contribution in [-0.4, -0.2) is 13.2 Å². The number of benzene rings is 1. The molecule has 0 saturated carbocycles. The fourth-order valence-electron chi connectivity index (χ4n) is 1.88. The highest BCUT2D eigenvalue weighted by atomic mass is 79.9. The number of nitrogens with two attached hydrogens (primary N) is 1. The van der Waals surface area contributed by atoms with Crippen LogP contribution in [0.25, 0.3) is 0 Å². The zero-order valence-corrected chi connectivity index (χ0v) is 10.1. The van der Waals surface area contributed by atoms with Crippen molar-refractivity contribution in [2.75, 3.05) is 13.2 Å². The molecule has 0 spiro atoms. The van der Waals surface area contributed by atoms with Crippen molar-refractivity contribution in [3.63, 3.8) is 0 Å². The van der Waals surface area contributed by atoms with Crippen molar-refractivity contribution in [2.45, 2.75) is 12.5 Å². The number of halogens is 3. The molecule has 88 valence electrons. The quantitative estimate of drug-likeness (QED) is 0.851. The van der Waals surface area contributed by atoms with Gasteiger partial charge < -0.3 is 10.5 Å². The molecule has 5 heteroatoms. The Morgan fingerprint density at radius 2 is 2.12 bits per heavy atom. The van der Waals surface area contributed by atoms with Gasteiger partial charge in [-0.3, -0.25) is 0 Å². The maximum atomic E-state index is 13.6. The number of ether oxygens (including phenoxy) is 1. The van der Waals surface area contributed by atoms with Crippen LogP contribution in [0, 0.1) is 17.6 Å². The third-order valence-corrected chi connectivity index (χ3v) is 3.48. The van der Waals surface area contributed by atoms with Crippen LogP contribution < -0.4 is 5.73 Å². The van der Waals surface area contributed by atoms with Crippen molar-refractivity contribution < 1.29 is 13.5 Å². The molecular weight excluding hydrogens is 280 g/mol. The van der Waals surface area contributed by atoms with Gasteiger partial charge in [0, 0.05) is 24.1 Å². The number of hydrogen-bond acceptors (Lipinski definition) is 2. The van der Waals surface area contributed by atoms with Gasteiger partial charge in [-0.05, 0) is 34.5 Å². The van der Waals surface area contributed by atoms with Crippen molar-refractivity contribution in [3.05, 3.63) is 33.8 Å². The molecule has 1 aliphatic rings. The van der Waals surface area contributed by atoms with E-state index in [-0.39, 0.29) is 16.0 Å². The van der Waals surface area contributed by atoms with E-state index in [0.29, 0.717) is 13.2 Å². The first-order valence-electron chi connectivity index (χ1n) is 5.07. The van der Waals surface area contributed by atoms with E-state index < -0.39 is 17.7 Å². The maximum Gasteiger partial charge on any atom is 0.137 e. The van der Waals surface area contributed by atoms with Crippen molar-refractivity contribution >= 4 is 15.9 Å². The first kappa shape index (κ1) is 12.0. The van der Waals surface area contributed by atoms with Gasteiger partial charge in [0.1, 0.15) is 11.6 Å². The van der Waals surface area contributed by atoms with Gasteiger partial charge in [0.25, 0.3) is 0 Å². The minimum atomic E-state index is -0.509. The molecule has 2 rings (SSSR count). The van der Waals surface area contributed by atoms with E-state index in [1.165, 1.54) is 0 Å². The lowest BCUT2D eigenvalue weighted by Gasteiger charge is -2.18. The third kappa shape index (κ3) is 2.26. The van der Waals surface area contributed by atoms with Crippen LogP contribution in [0.1, 0.15) is 18.0 Å². The Hall–Kier alpha value is -0.520. The molecule has 2 unspecified atom stereocenters. The van der Waals surface area contributed by atoms with Crippen LogP contribution in [0.3, 0.4) is 0 Å². The molecule has 1 aliphatic heterocycles. The summed E-state index contributed by atoms with van der Waals surface area (Å²) in [6.07, 6.45) is 0.790. The largest absolute Gasteiger partial charge is 0.381 e. The molecule has 16 heavy (non-hydrogen) atoms. The molecule has 1 saturated heterocycles. The standard InChI is InChI=1S/C11H12BrF2NO/c12-8-4-9(13)7(3-10(8)14)11(15)6-1-2-16-5-6/h3-4,6,11H,1-2,5,15H2. The van der Waals surface area contributed by atoms with E-state index in [1.54, 1.807) is 0 Å². The highest BCUT2D eigenvalue weighted by Crippen LogP contribution is 2.30. The molecule has 2 atom stereocenters. The summed E-state index contributed by atoms with van der Waals surface area (Å²) < 4.78 is 32.2. The van der Waals surface area contributed by atoms with Gasteiger partial charge in [-0.25, -0.2) is 8.78 Å². The Morgan fingerprint density at radius 1 is 1.38 bits per heavy atom. The minimum absolute atomic E-state index is 0.0649. The summed E-state index contributed by atoms with van der Waals surface area (Å²) in [5, 5.41) is 0. The zero-order chi connectivity index (χ0) is 11.7. The van der Waals surface area contributed by atoms with E-state index in [9.17, 15) is 8.78 Å². The highest BCUT2D eigenvalue weighted by molar-refractivity contribution is 9.10. The molecular formula is C11H12BrF2NO. The SMILES string of the molecule is NC(c1cc(F)c(Br)cc1F)C1CCOC1. The van der Waals surface area contributed by atoms with E-state index in [0.717, 1.165) is 18.6 Å². The van der Waals surface area contributed by atoms with Gasteiger partial charge in [-0.1, -0.05) is 0 Å². The highest BCUT2D eigenvalue weighted by Gasteiger charge is 2.26. The molecule has 0 aromatic heterocycles. The van der Waals surface area contributed by atoms with Gasteiger partial charge in [0.15, 0.2) is 0 Å². The molecule has 1 aromatic rings. The Balaban J connectivity index is 2.28. The predicted molar refractivity (Wildman–Crippen MR) is 59.9 cm³/mol. The average Bonchev–Trinajstić information content (AvgIpc) is 2.75. The molecule has 0 aliphatic carbocycles. The second kappa shape index (κ2) is 4.77. The summed E-state index contributed by atoms with van der Waals surface area (Å²) >= 11 is 2.93. The summed E-state index contributed by atoms with van der Waals surface area (Å²) in [5.41, 5.74) is 6.14. The van der Waals surface area contributed by atoms with Crippen molar-refractivity contribution in [2.24, 2.45) is 11.7 Å². The lowest BCUT2D eigenvalue weighted by Crippen LogP contribution is -2.23. The van der Waals surface area contributed by atoms with Crippen molar-refractivity contribution in [1.82, 2.24) is 0 Å². The van der Waals surface area contributed by atoms with Gasteiger partial charge in [0.2, 0.25) is 0 Å². The molecule has 0 radical (unpaired) electrons. The van der Waals surface area contributed by atoms with Gasteiger partial charge in [0.05, 0.1) is 11.1 Å². The molecule has 1 aromatic carbocycles. The van der Waals surface area contributed by atoms with Gasteiger partial charge in [-0.2, -0.15) is 0 Å². The number of hydrogen-bond donors (Lipinski definition) is 1. The van der Waals surface area contributed by atoms with Crippen LogP contribution >= 0.6 is 15.9 Å². The fraction of sp³-hybridized carbons (Fsp3) is 0.455. The average molecular weight is 292 g/mol. The fourth-order valence-corrected chi connectivity index (χ4v) is 2.20. The number of rotatable bonds is 2. The van der Waals surface area contributed by atoms with E-state index in [2.05, 4.69) is 15.9 Å². The second-order valence-corrected chi connectivity index (χ2v) is 4.79. The molecule has 0 amide bonds. The van der Waals surface area contributed by atoms with Gasteiger partial charge in [-0.15, -0.1) is 0 Å². The van der Waals surface area contributed by atoms with Crippen molar-refractivity contribution in [1.29, 1.82) is 0 Å². The lowest BCUT2D eigenvalue weighted by molar-refractivity contribution is 0.180. The molecule has 1 fully saturated rings. The van der Waals surface area contributed by atoms with E-state index >= 15 is 0 Å². The van der Waals surface area contributed by atoms with Crippen LogP contribution in [0.15, 0.2) is 16.6 Å². The Kier molecular flexibility index (Phi) is 3.56. The second-order valence-electron chi connectivity index (χ2n) is 3.94. The summed E-state index contributed by atoms with van der Waals surface area (Å²) in [5.74, 6) is -0.909. The summed E-state index contributed by atoms with van der Waals surface area (Å²) in [7, 11) is 0. The first-order valence-corrected chi connectivity index (χ1v) is 5.86. The lowest BCUT2D eigenvalue weighted by atomic mass is 9.93. The normalized spacial score (nSPS) is 22.4. The summed E-state index contributed by atoms with van der Waals surface area (Å²) in [6.45, 7) is 1.15. The topological polar surface area (TPSA) is 35.2 Å². The molecule has 2 nitrogen and oxygen atoms in total. The first-order chi connectivity index (χ1) is 7.59. The Morgan fingerprint density at radius 3 is 2.75 bits per heavy atom. The van der Waals surface area contributed by atoms with Crippen LogP contribution in [0.4, 0.5) is 8.78 Å². The third-order valence-electron chi connectivity index (χ3n) is 2.87. The van der Waals surface area contributed by atoms with E-state index in [4.69, 9.17) is 10.5 Å². The molecule has 1 heterocycles. The zero-order valence-electron chi connectivity index (χ0n) is 8.55. The predicted octanol–water partition coefficient (Wildman–Crippen LogP) is 2.76. The maximum absolute atomic E-state index is 13.6. The smallest absolute Gasteiger partial charge is 0.137 e. The van der Waals surface area contributed by atoms with Crippen LogP contribution in [0.5, 0.6) is 0 Å². The summed E-state index contributed by atoms with van der Waals surface area (Å²) in [6, 6.07) is 1.76. The molecule has 0 bridgehead atoms. The monoisotopic (exact) mass is 291 g/mol. The van der Waals surface area contributed by atoms with Crippen LogP contribution in [-0.2, 0) is 4.74 Å². The van der Waals surface area contributed by atoms with Crippen LogP contribution in [0.2, 0.25) is 0 Å². The van der Waals surface area contributed by atoms with Crippen molar-refractivity contribution in [3.8, 4) is 0 Å². The summed E-state index contributed by atoms with van der Waals surface area (Å²) in [4.78, 5) is 0. The van der Waals surface area contributed by atoms with Gasteiger partial charge >= 0.3 is 0 Å².